The molecule has 0 aliphatic carbocycles. The molecular weight excluding hydrogens is 456 g/mol. The largest absolute Gasteiger partial charge is 0.372 e. The lowest BCUT2D eigenvalue weighted by atomic mass is 10.0. The monoisotopic (exact) mass is 492 g/mol. The van der Waals surface area contributed by atoms with Gasteiger partial charge in [-0.15, -0.1) is 5.10 Å². The van der Waals surface area contributed by atoms with Crippen LogP contribution in [0.25, 0.3) is 23.0 Å². The second-order valence-electron chi connectivity index (χ2n) is 9.21. The Morgan fingerprint density at radius 1 is 0.919 bits per heavy atom. The molecule has 0 atom stereocenters. The Balaban J connectivity index is 1.43. The number of benzene rings is 3. The molecule has 37 heavy (non-hydrogen) atoms. The van der Waals surface area contributed by atoms with Crippen LogP contribution < -0.4 is 4.90 Å². The molecule has 0 saturated heterocycles. The summed E-state index contributed by atoms with van der Waals surface area (Å²) >= 11 is 0. The van der Waals surface area contributed by atoms with Gasteiger partial charge in [0.25, 0.3) is 0 Å². The molecule has 4 aromatic rings. The van der Waals surface area contributed by atoms with E-state index < -0.39 is 0 Å². The maximum Gasteiger partial charge on any atom is 0.185 e. The molecule has 0 aliphatic heterocycles. The molecule has 0 saturated carbocycles. The zero-order chi connectivity index (χ0) is 26.0. The van der Waals surface area contributed by atoms with Crippen molar-refractivity contribution in [1.29, 1.82) is 0 Å². The van der Waals surface area contributed by atoms with Crippen molar-refractivity contribution in [3.63, 3.8) is 0 Å². The van der Waals surface area contributed by atoms with Gasteiger partial charge in [0.05, 0.1) is 11.9 Å². The van der Waals surface area contributed by atoms with E-state index in [1.165, 1.54) is 30.5 Å². The predicted molar refractivity (Wildman–Crippen MR) is 153 cm³/mol. The molecule has 0 bridgehead atoms. The summed E-state index contributed by atoms with van der Waals surface area (Å²) in [5.41, 5.74) is 6.80. The van der Waals surface area contributed by atoms with Crippen LogP contribution in [0.3, 0.4) is 0 Å². The first kappa shape index (κ1) is 26.1. The van der Waals surface area contributed by atoms with Crippen LogP contribution in [0.1, 0.15) is 61.5 Å². The van der Waals surface area contributed by atoms with Crippen molar-refractivity contribution in [2.45, 2.75) is 46.5 Å². The standard InChI is InChI=1S/C32H36N4O/c1-4-7-8-10-25-13-18-27(19-14-25)31-24-36(34-33-31)30-12-9-11-28(23-30)32(37)22-17-26-15-20-29(21-16-26)35(5-2)6-3/h9,11-24H,4-8,10H2,1-3H3/b22-17+. The normalized spacial score (nSPS) is 11.2. The predicted octanol–water partition coefficient (Wildman–Crippen LogP) is 7.41. The highest BCUT2D eigenvalue weighted by molar-refractivity contribution is 6.07. The molecule has 0 fully saturated rings. The van der Waals surface area contributed by atoms with Crippen LogP contribution in [0.4, 0.5) is 5.69 Å². The molecule has 190 valence electrons. The van der Waals surface area contributed by atoms with E-state index in [1.807, 2.05) is 48.7 Å². The number of carbonyl (C=O) groups excluding carboxylic acids is 1. The van der Waals surface area contributed by atoms with E-state index in [4.69, 9.17) is 0 Å². The van der Waals surface area contributed by atoms with E-state index in [9.17, 15) is 4.79 Å². The first-order valence-corrected chi connectivity index (χ1v) is 13.3. The summed E-state index contributed by atoms with van der Waals surface area (Å²) in [5.74, 6) is -0.0475. The Bertz CT molecular complexity index is 1320. The van der Waals surface area contributed by atoms with Crippen molar-refractivity contribution in [2.75, 3.05) is 18.0 Å². The third kappa shape index (κ3) is 6.82. The quantitative estimate of drug-likeness (QED) is 0.117. The van der Waals surface area contributed by atoms with Crippen LogP contribution >= 0.6 is 0 Å². The maximum atomic E-state index is 12.9. The Hall–Kier alpha value is -3.99. The number of carbonyl (C=O) groups is 1. The van der Waals surface area contributed by atoms with Gasteiger partial charge in [-0.05, 0) is 68.2 Å². The zero-order valence-corrected chi connectivity index (χ0v) is 22.1. The van der Waals surface area contributed by atoms with Gasteiger partial charge in [0.15, 0.2) is 5.78 Å². The van der Waals surface area contributed by atoms with Gasteiger partial charge in [0, 0.05) is 29.9 Å². The minimum absolute atomic E-state index is 0.0475. The molecule has 0 N–H and O–H groups in total. The van der Waals surface area contributed by atoms with E-state index in [0.29, 0.717) is 5.56 Å². The van der Waals surface area contributed by atoms with Gasteiger partial charge in [-0.25, -0.2) is 4.68 Å². The highest BCUT2D eigenvalue weighted by atomic mass is 16.1. The highest BCUT2D eigenvalue weighted by Gasteiger charge is 2.09. The topological polar surface area (TPSA) is 51.0 Å². The van der Waals surface area contributed by atoms with Gasteiger partial charge in [-0.2, -0.15) is 0 Å². The number of rotatable bonds is 12. The summed E-state index contributed by atoms with van der Waals surface area (Å²) in [7, 11) is 0. The molecule has 1 aromatic heterocycles. The van der Waals surface area contributed by atoms with Gasteiger partial charge in [-0.1, -0.05) is 79.6 Å². The van der Waals surface area contributed by atoms with E-state index in [0.717, 1.165) is 42.0 Å². The Kier molecular flexibility index (Phi) is 9.03. The van der Waals surface area contributed by atoms with Crippen molar-refractivity contribution < 1.29 is 4.79 Å². The first-order valence-electron chi connectivity index (χ1n) is 13.3. The second-order valence-corrected chi connectivity index (χ2v) is 9.21. The third-order valence-electron chi connectivity index (χ3n) is 6.66. The summed E-state index contributed by atoms with van der Waals surface area (Å²) in [6, 6.07) is 24.3. The maximum absolute atomic E-state index is 12.9. The second kappa shape index (κ2) is 12.8. The van der Waals surface area contributed by atoms with Crippen molar-refractivity contribution in [3.8, 4) is 16.9 Å². The number of unbranched alkanes of at least 4 members (excludes halogenated alkanes) is 2. The van der Waals surface area contributed by atoms with Gasteiger partial charge in [-0.3, -0.25) is 4.79 Å². The van der Waals surface area contributed by atoms with Crippen molar-refractivity contribution in [2.24, 2.45) is 0 Å². The van der Waals surface area contributed by atoms with E-state index >= 15 is 0 Å². The van der Waals surface area contributed by atoms with Crippen LogP contribution in [0.5, 0.6) is 0 Å². The summed E-state index contributed by atoms with van der Waals surface area (Å²) in [6.07, 6.45) is 10.2. The Morgan fingerprint density at radius 3 is 2.38 bits per heavy atom. The minimum Gasteiger partial charge on any atom is -0.372 e. The molecule has 0 unspecified atom stereocenters. The fraction of sp³-hybridized carbons (Fsp3) is 0.281. The summed E-state index contributed by atoms with van der Waals surface area (Å²) in [6.45, 7) is 8.47. The molecule has 3 aromatic carbocycles. The average molecular weight is 493 g/mol. The number of aromatic nitrogens is 3. The summed E-state index contributed by atoms with van der Waals surface area (Å²) < 4.78 is 1.72. The van der Waals surface area contributed by atoms with Crippen LogP contribution in [0.2, 0.25) is 0 Å². The number of anilines is 1. The van der Waals surface area contributed by atoms with Gasteiger partial charge >= 0.3 is 0 Å². The smallest absolute Gasteiger partial charge is 0.185 e. The zero-order valence-electron chi connectivity index (χ0n) is 22.1. The third-order valence-corrected chi connectivity index (χ3v) is 6.66. The molecule has 0 spiro atoms. The van der Waals surface area contributed by atoms with E-state index in [2.05, 4.69) is 72.4 Å². The number of ketones is 1. The van der Waals surface area contributed by atoms with Crippen molar-refractivity contribution in [3.05, 3.63) is 102 Å². The molecule has 1 heterocycles. The average Bonchev–Trinajstić information content (AvgIpc) is 3.44. The van der Waals surface area contributed by atoms with Crippen LogP contribution in [-0.4, -0.2) is 33.9 Å². The molecule has 0 aliphatic rings. The van der Waals surface area contributed by atoms with Gasteiger partial charge in [0.2, 0.25) is 0 Å². The molecular formula is C32H36N4O. The Morgan fingerprint density at radius 2 is 1.68 bits per heavy atom. The number of hydrogen-bond acceptors (Lipinski definition) is 4. The molecule has 0 radical (unpaired) electrons. The minimum atomic E-state index is -0.0475. The van der Waals surface area contributed by atoms with E-state index in [1.54, 1.807) is 10.8 Å². The lowest BCUT2D eigenvalue weighted by Gasteiger charge is -2.20. The number of aryl methyl sites for hydroxylation is 1. The fourth-order valence-corrected chi connectivity index (χ4v) is 4.40. The van der Waals surface area contributed by atoms with Crippen molar-refractivity contribution >= 4 is 17.5 Å². The molecule has 5 nitrogen and oxygen atoms in total. The molecule has 4 rings (SSSR count). The van der Waals surface area contributed by atoms with Crippen molar-refractivity contribution in [1.82, 2.24) is 15.0 Å². The van der Waals surface area contributed by atoms with Crippen LogP contribution in [0, 0.1) is 0 Å². The SMILES string of the molecule is CCCCCc1ccc(-c2cn(-c3cccc(C(=O)/C=C/c4ccc(N(CC)CC)cc4)c3)nn2)cc1. The fourth-order valence-electron chi connectivity index (χ4n) is 4.40. The van der Waals surface area contributed by atoms with Crippen LogP contribution in [-0.2, 0) is 6.42 Å². The first-order chi connectivity index (χ1) is 18.1. The lowest BCUT2D eigenvalue weighted by molar-refractivity contribution is 0.104. The summed E-state index contributed by atoms with van der Waals surface area (Å²) in [4.78, 5) is 15.2. The van der Waals surface area contributed by atoms with Crippen LogP contribution in [0.15, 0.2) is 85.1 Å². The number of hydrogen-bond donors (Lipinski definition) is 0. The van der Waals surface area contributed by atoms with Gasteiger partial charge in [0.1, 0.15) is 5.69 Å². The van der Waals surface area contributed by atoms with Gasteiger partial charge < -0.3 is 4.90 Å². The number of nitrogens with zero attached hydrogens (tertiary/aromatic N) is 4. The van der Waals surface area contributed by atoms with E-state index in [-0.39, 0.29) is 5.78 Å². The Labute approximate surface area is 220 Å². The molecule has 5 heteroatoms. The number of allylic oxidation sites excluding steroid dienone is 1. The lowest BCUT2D eigenvalue weighted by Crippen LogP contribution is -2.21. The summed E-state index contributed by atoms with van der Waals surface area (Å²) in [5, 5.41) is 8.67. The molecule has 0 amide bonds. The highest BCUT2D eigenvalue weighted by Crippen LogP contribution is 2.20.